The van der Waals surface area contributed by atoms with E-state index in [1.54, 1.807) is 56.3 Å². The first-order chi connectivity index (χ1) is 35.6. The zero-order valence-corrected chi connectivity index (χ0v) is 43.8. The lowest BCUT2D eigenvalue weighted by molar-refractivity contribution is -0.200. The van der Waals surface area contributed by atoms with Crippen molar-refractivity contribution in [1.82, 2.24) is 5.32 Å². The smallest absolute Gasteiger partial charge is 0.338 e. The Morgan fingerprint density at radius 1 is 0.613 bits per heavy atom. The lowest BCUT2D eigenvalue weighted by atomic mass is 9.52. The number of rotatable bonds is 21. The van der Waals surface area contributed by atoms with Gasteiger partial charge in [0.2, 0.25) is 0 Å². The van der Waals surface area contributed by atoms with Crippen LogP contribution < -0.4 is 10.6 Å². The molecule has 4 aliphatic rings. The quantitative estimate of drug-likeness (QED) is 0.0451. The second kappa shape index (κ2) is 23.8. The Morgan fingerprint density at radius 3 is 1.55 bits per heavy atom. The van der Waals surface area contributed by atoms with Crippen LogP contribution in [-0.4, -0.2) is 91.3 Å². The molecule has 4 unspecified atom stereocenters. The average molecular weight is 1040 g/mol. The van der Waals surface area contributed by atoms with E-state index in [0.29, 0.717) is 47.5 Å². The van der Waals surface area contributed by atoms with Gasteiger partial charge in [-0.1, -0.05) is 48.7 Å². The van der Waals surface area contributed by atoms with E-state index in [1.807, 2.05) is 19.1 Å². The van der Waals surface area contributed by atoms with E-state index in [2.05, 4.69) is 23.8 Å². The summed E-state index contributed by atoms with van der Waals surface area (Å²) in [6, 6.07) is 22.6. The van der Waals surface area contributed by atoms with Gasteiger partial charge in [0.05, 0.1) is 46.6 Å². The molecule has 17 heteroatoms. The molecule has 2 N–H and O–H groups in total. The van der Waals surface area contributed by atoms with E-state index in [9.17, 15) is 38.4 Å². The van der Waals surface area contributed by atoms with Crippen molar-refractivity contribution in [3.05, 3.63) is 148 Å². The predicted molar refractivity (Wildman–Crippen MR) is 277 cm³/mol. The van der Waals surface area contributed by atoms with Crippen LogP contribution in [0.15, 0.2) is 119 Å². The number of hydrogen-bond acceptors (Lipinski definition) is 15. The second-order valence-electron chi connectivity index (χ2n) is 19.9. The summed E-state index contributed by atoms with van der Waals surface area (Å²) in [5.74, 6) is -4.58. The minimum Gasteiger partial charge on any atom is -0.462 e. The van der Waals surface area contributed by atoms with Crippen LogP contribution in [0.1, 0.15) is 147 Å². The summed E-state index contributed by atoms with van der Waals surface area (Å²) in [5, 5.41) is 5.36. The van der Waals surface area contributed by atoms with Crippen molar-refractivity contribution in [3.63, 3.8) is 0 Å². The summed E-state index contributed by atoms with van der Waals surface area (Å²) >= 11 is 1.14. The van der Waals surface area contributed by atoms with E-state index < -0.39 is 71.0 Å². The molecule has 394 valence electrons. The van der Waals surface area contributed by atoms with Gasteiger partial charge >= 0.3 is 35.8 Å². The Kier molecular flexibility index (Phi) is 17.5. The number of aryl methyl sites for hydroxylation is 1. The first kappa shape index (κ1) is 55.2. The number of nitrogens with one attached hydrogen (secondary N) is 2. The average Bonchev–Trinajstić information content (AvgIpc) is 3.35. The van der Waals surface area contributed by atoms with Crippen molar-refractivity contribution in [2.75, 3.05) is 25.6 Å². The molecule has 4 fully saturated rings. The molecular weight excluding hydrogens is 981 g/mol. The van der Waals surface area contributed by atoms with Gasteiger partial charge < -0.3 is 39.1 Å². The van der Waals surface area contributed by atoms with Crippen LogP contribution >= 0.6 is 11.8 Å². The zero-order valence-electron chi connectivity index (χ0n) is 43.0. The fraction of sp³-hybridized carbons (Fsp3) is 0.379. The lowest BCUT2D eigenvalue weighted by Crippen LogP contribution is -2.61. The molecule has 75 heavy (non-hydrogen) atoms. The van der Waals surface area contributed by atoms with Gasteiger partial charge in [-0.15, -0.1) is 0 Å². The summed E-state index contributed by atoms with van der Waals surface area (Å²) < 4.78 is 34.3. The number of hydrogen-bond donors (Lipinski definition) is 2. The molecule has 0 heterocycles. The summed E-state index contributed by atoms with van der Waals surface area (Å²) in [6.07, 6.45) is 3.28. The van der Waals surface area contributed by atoms with Crippen molar-refractivity contribution in [1.29, 1.82) is 0 Å². The van der Waals surface area contributed by atoms with Crippen molar-refractivity contribution in [2.24, 2.45) is 11.8 Å². The molecular formula is C58H62N2O14S. The van der Waals surface area contributed by atoms with Gasteiger partial charge in [-0.25, -0.2) is 28.8 Å². The minimum absolute atomic E-state index is 0.0123. The van der Waals surface area contributed by atoms with Gasteiger partial charge in [0, 0.05) is 52.9 Å². The first-order valence-corrected chi connectivity index (χ1v) is 25.7. The molecule has 4 aromatic carbocycles. The summed E-state index contributed by atoms with van der Waals surface area (Å²) in [7, 11) is 1.41. The van der Waals surface area contributed by atoms with Gasteiger partial charge in [-0.3, -0.25) is 9.59 Å². The van der Waals surface area contributed by atoms with Gasteiger partial charge in [0.25, 0.3) is 11.8 Å². The van der Waals surface area contributed by atoms with Crippen molar-refractivity contribution < 1.29 is 66.8 Å². The monoisotopic (exact) mass is 1040 g/mol. The molecule has 0 saturated heterocycles. The molecule has 4 atom stereocenters. The second-order valence-corrected chi connectivity index (χ2v) is 21.1. The summed E-state index contributed by atoms with van der Waals surface area (Å²) in [5.41, 5.74) is 0.514. The number of esters is 6. The zero-order chi connectivity index (χ0) is 54.2. The van der Waals surface area contributed by atoms with Crippen LogP contribution in [0, 0.1) is 18.8 Å². The van der Waals surface area contributed by atoms with Crippen LogP contribution in [0.4, 0.5) is 5.69 Å². The van der Waals surface area contributed by atoms with E-state index in [1.165, 1.54) is 51.2 Å². The van der Waals surface area contributed by atoms with Crippen molar-refractivity contribution in [3.8, 4) is 0 Å². The van der Waals surface area contributed by atoms with E-state index in [0.717, 1.165) is 23.7 Å². The highest BCUT2D eigenvalue weighted by atomic mass is 32.2. The standard InChI is InChI=1S/C58H62N2O14S/c1-33(2)51(63)71-36(6)19-21-69-55(67)45-17-15-43(26-47(45)49(61)59-8)75-44-16-18-46(56(68)70-22-20-37(7)72-52(64)34(3)4)48(27-44)50(62)60-42-14-10-13-41(25-42)54(66)74-58-30-38-24-39(31-58)29-57(28-38,32-58)73-53(65)40-12-9-11-35(5)23-40/h9-18,23,25-27,36-39H,1,3,19-22,24,28-32H2,2,4-8H3,(H,59,61)(H,60,62). The minimum atomic E-state index is -0.835. The van der Waals surface area contributed by atoms with Gasteiger partial charge in [0.1, 0.15) is 23.4 Å². The predicted octanol–water partition coefficient (Wildman–Crippen LogP) is 9.97. The molecule has 2 amide bonds. The molecule has 0 radical (unpaired) electrons. The normalized spacial score (nSPS) is 19.8. The van der Waals surface area contributed by atoms with Crippen molar-refractivity contribution >= 4 is 65.1 Å². The fourth-order valence-electron chi connectivity index (χ4n) is 10.2. The van der Waals surface area contributed by atoms with Crippen molar-refractivity contribution in [2.45, 2.75) is 119 Å². The van der Waals surface area contributed by atoms with Gasteiger partial charge in [-0.05, 0) is 145 Å². The van der Waals surface area contributed by atoms with Crippen LogP contribution in [0.5, 0.6) is 0 Å². The highest BCUT2D eigenvalue weighted by molar-refractivity contribution is 7.99. The molecule has 0 spiro atoms. The topological polar surface area (TPSA) is 216 Å². The first-order valence-electron chi connectivity index (χ1n) is 24.8. The molecule has 0 aromatic heterocycles. The number of carbonyl (C=O) groups is 8. The largest absolute Gasteiger partial charge is 0.462 e. The molecule has 4 aromatic rings. The lowest BCUT2D eigenvalue weighted by Gasteiger charge is -2.60. The Morgan fingerprint density at radius 2 is 1.08 bits per heavy atom. The fourth-order valence-corrected chi connectivity index (χ4v) is 11.1. The highest BCUT2D eigenvalue weighted by Gasteiger charge is 2.61. The van der Waals surface area contributed by atoms with Crippen LogP contribution in [-0.2, 0) is 38.0 Å². The maximum absolute atomic E-state index is 14.4. The number of amides is 2. The molecule has 4 saturated carbocycles. The summed E-state index contributed by atoms with van der Waals surface area (Å²) in [4.78, 5) is 107. The number of ether oxygens (including phenoxy) is 6. The van der Waals surface area contributed by atoms with E-state index >= 15 is 0 Å². The third-order valence-electron chi connectivity index (χ3n) is 13.4. The number of carbonyl (C=O) groups excluding carboxylic acids is 8. The van der Waals surface area contributed by atoms with Crippen LogP contribution in [0.2, 0.25) is 0 Å². The Labute approximate surface area is 440 Å². The van der Waals surface area contributed by atoms with Gasteiger partial charge in [0.15, 0.2) is 0 Å². The number of benzene rings is 4. The Hall–Kier alpha value is -7.53. The third kappa shape index (κ3) is 14.0. The maximum Gasteiger partial charge on any atom is 0.338 e. The molecule has 8 rings (SSSR count). The SMILES string of the molecule is C=C(C)C(=O)OC(C)CCOC(=O)c1ccc(Sc2ccc(C(=O)OCCC(C)OC(=O)C(=C)C)c(C(=O)Nc3cccc(C(=O)OC45CC6CC(CC(OC(=O)c7cccc(C)c7)(C6)C4)C5)c3)c2)cc1C(=O)NC. The molecule has 0 aliphatic heterocycles. The molecule has 4 bridgehead atoms. The van der Waals surface area contributed by atoms with E-state index in [4.69, 9.17) is 28.4 Å². The van der Waals surface area contributed by atoms with Gasteiger partial charge in [-0.2, -0.15) is 0 Å². The van der Waals surface area contributed by atoms with Crippen LogP contribution in [0.25, 0.3) is 0 Å². The molecule has 4 aliphatic carbocycles. The van der Waals surface area contributed by atoms with E-state index in [-0.39, 0.29) is 82.5 Å². The third-order valence-corrected chi connectivity index (χ3v) is 14.4. The Bertz CT molecular complexity index is 2930. The Balaban J connectivity index is 1.08. The molecule has 16 nitrogen and oxygen atoms in total. The number of anilines is 1. The maximum atomic E-state index is 14.4. The summed E-state index contributed by atoms with van der Waals surface area (Å²) in [6.45, 7) is 15.2. The highest BCUT2D eigenvalue weighted by Crippen LogP contribution is 2.60. The van der Waals surface area contributed by atoms with Crippen LogP contribution in [0.3, 0.4) is 0 Å².